The second-order valence-electron chi connectivity index (χ2n) is 4.09. The van der Waals surface area contributed by atoms with Crippen LogP contribution in [0, 0.1) is 6.92 Å². The number of fused-ring (bicyclic) bond motifs is 1. The largest absolute Gasteiger partial charge is 0.456 e. The Morgan fingerprint density at radius 2 is 1.46 bits per heavy atom. The summed E-state index contributed by atoms with van der Waals surface area (Å²) in [6, 6.07) is 4.15. The monoisotopic (exact) mass is 326 g/mol. The van der Waals surface area contributed by atoms with E-state index in [4.69, 9.17) is 4.42 Å². The fourth-order valence-corrected chi connectivity index (χ4v) is 2.01. The van der Waals surface area contributed by atoms with Gasteiger partial charge >= 0.3 is 0 Å². The molecular formula is C23H34O. The Balaban J connectivity index is 0. The van der Waals surface area contributed by atoms with Crippen molar-refractivity contribution in [3.05, 3.63) is 66.5 Å². The van der Waals surface area contributed by atoms with Gasteiger partial charge in [-0.1, -0.05) is 85.6 Å². The minimum Gasteiger partial charge on any atom is -0.456 e. The van der Waals surface area contributed by atoms with Gasteiger partial charge in [-0.25, -0.2) is 0 Å². The molecule has 1 aromatic heterocycles. The van der Waals surface area contributed by atoms with Gasteiger partial charge in [0.2, 0.25) is 0 Å². The average molecular weight is 327 g/mol. The first-order chi connectivity index (χ1) is 11.7. The van der Waals surface area contributed by atoms with Crippen molar-refractivity contribution in [2.45, 2.75) is 48.5 Å². The highest BCUT2D eigenvalue weighted by Gasteiger charge is 2.10. The fraction of sp³-hybridized carbons (Fsp3) is 0.304. The van der Waals surface area contributed by atoms with Gasteiger partial charge in [0.15, 0.2) is 0 Å². The summed E-state index contributed by atoms with van der Waals surface area (Å²) in [5, 5.41) is 1.06. The summed E-state index contributed by atoms with van der Waals surface area (Å²) in [5.41, 5.74) is 4.18. The van der Waals surface area contributed by atoms with E-state index in [0.717, 1.165) is 27.9 Å². The predicted molar refractivity (Wildman–Crippen MR) is 114 cm³/mol. The van der Waals surface area contributed by atoms with E-state index >= 15 is 0 Å². The van der Waals surface area contributed by atoms with Crippen molar-refractivity contribution < 1.29 is 4.42 Å². The zero-order chi connectivity index (χ0) is 19.1. The third-order valence-electron chi connectivity index (χ3n) is 2.95. The van der Waals surface area contributed by atoms with E-state index in [1.807, 2.05) is 59.8 Å². The topological polar surface area (TPSA) is 13.1 Å². The Morgan fingerprint density at radius 1 is 0.875 bits per heavy atom. The van der Waals surface area contributed by atoms with Crippen LogP contribution in [0.3, 0.4) is 0 Å². The summed E-state index contributed by atoms with van der Waals surface area (Å²) in [7, 11) is 0. The zero-order valence-corrected chi connectivity index (χ0v) is 16.6. The first kappa shape index (κ1) is 24.0. The maximum absolute atomic E-state index is 5.75. The minimum absolute atomic E-state index is 0.768. The first-order valence-corrected chi connectivity index (χ1v) is 8.82. The minimum atomic E-state index is 0.768. The molecule has 0 aliphatic carbocycles. The lowest BCUT2D eigenvalue weighted by atomic mass is 10.0. The Hall–Kier alpha value is -2.28. The molecule has 0 spiro atoms. The van der Waals surface area contributed by atoms with Crippen LogP contribution in [0.25, 0.3) is 29.2 Å². The molecule has 1 heteroatoms. The van der Waals surface area contributed by atoms with Crippen LogP contribution < -0.4 is 0 Å². The molecule has 0 saturated heterocycles. The molecule has 0 fully saturated rings. The van der Waals surface area contributed by atoms with Crippen molar-refractivity contribution >= 4 is 29.2 Å². The van der Waals surface area contributed by atoms with Crippen molar-refractivity contribution in [2.24, 2.45) is 0 Å². The van der Waals surface area contributed by atoms with E-state index in [9.17, 15) is 0 Å². The normalized spacial score (nSPS) is 8.96. The molecule has 0 amide bonds. The van der Waals surface area contributed by atoms with E-state index in [-0.39, 0.29) is 0 Å². The third kappa shape index (κ3) is 6.08. The van der Waals surface area contributed by atoms with Gasteiger partial charge in [-0.05, 0) is 36.3 Å². The van der Waals surface area contributed by atoms with Crippen LogP contribution in [0.1, 0.15) is 64.0 Å². The summed E-state index contributed by atoms with van der Waals surface area (Å²) in [5.74, 6) is 0.768. The van der Waals surface area contributed by atoms with Crippen molar-refractivity contribution in [1.29, 1.82) is 0 Å². The molecule has 1 heterocycles. The lowest BCUT2D eigenvalue weighted by Gasteiger charge is -2.00. The predicted octanol–water partition coefficient (Wildman–Crippen LogP) is 8.31. The Kier molecular flexibility index (Phi) is 14.3. The van der Waals surface area contributed by atoms with Gasteiger partial charge in [-0.2, -0.15) is 0 Å². The Labute approximate surface area is 149 Å². The number of benzene rings is 1. The number of rotatable bonds is 4. The highest BCUT2D eigenvalue weighted by atomic mass is 16.3. The maximum Gasteiger partial charge on any atom is 0.135 e. The van der Waals surface area contributed by atoms with E-state index in [0.29, 0.717) is 0 Å². The molecule has 1 aromatic carbocycles. The summed E-state index contributed by atoms with van der Waals surface area (Å²) >= 11 is 0. The molecule has 0 aliphatic rings. The van der Waals surface area contributed by atoms with Gasteiger partial charge in [0.25, 0.3) is 0 Å². The smallest absolute Gasteiger partial charge is 0.135 e. The van der Waals surface area contributed by atoms with Crippen LogP contribution in [-0.4, -0.2) is 0 Å². The highest BCUT2D eigenvalue weighted by Crippen LogP contribution is 2.30. The number of hydrogen-bond donors (Lipinski definition) is 0. The second-order valence-corrected chi connectivity index (χ2v) is 4.09. The average Bonchev–Trinajstić information content (AvgIpc) is 3.01. The number of hydrogen-bond acceptors (Lipinski definition) is 1. The number of allylic oxidation sites excluding steroid dienone is 2. The molecule has 2 aromatic rings. The second kappa shape index (κ2) is 14.3. The molecule has 0 unspecified atom stereocenters. The van der Waals surface area contributed by atoms with Crippen molar-refractivity contribution in [3.63, 3.8) is 0 Å². The van der Waals surface area contributed by atoms with Crippen LogP contribution in [0.4, 0.5) is 0 Å². The first-order valence-electron chi connectivity index (χ1n) is 8.82. The molecule has 0 N–H and O–H groups in total. The van der Waals surface area contributed by atoms with Crippen LogP contribution in [0.2, 0.25) is 0 Å². The van der Waals surface area contributed by atoms with Gasteiger partial charge in [0.1, 0.15) is 11.3 Å². The molecule has 2 rings (SSSR count). The summed E-state index contributed by atoms with van der Waals surface area (Å²) in [6.45, 7) is 25.3. The van der Waals surface area contributed by atoms with Gasteiger partial charge in [-0.15, -0.1) is 0 Å². The van der Waals surface area contributed by atoms with Crippen LogP contribution >= 0.6 is 0 Å². The van der Waals surface area contributed by atoms with E-state index in [2.05, 4.69) is 32.7 Å². The zero-order valence-electron chi connectivity index (χ0n) is 16.6. The quantitative estimate of drug-likeness (QED) is 0.515. The fourth-order valence-electron chi connectivity index (χ4n) is 2.01. The summed E-state index contributed by atoms with van der Waals surface area (Å²) < 4.78 is 5.75. The van der Waals surface area contributed by atoms with Crippen LogP contribution in [0.5, 0.6) is 0 Å². The molecule has 0 saturated carbocycles. The van der Waals surface area contributed by atoms with Crippen molar-refractivity contribution in [3.8, 4) is 0 Å². The van der Waals surface area contributed by atoms with Gasteiger partial charge in [0.05, 0.1) is 0 Å². The number of aryl methyl sites for hydroxylation is 1. The van der Waals surface area contributed by atoms with Gasteiger partial charge in [-0.3, -0.25) is 0 Å². The van der Waals surface area contributed by atoms with Crippen molar-refractivity contribution in [2.75, 3.05) is 0 Å². The molecule has 132 valence electrons. The SMILES string of the molecule is C=C/C=C\c1cc2c(C=C)c(C=C)oc2cc1C.CC.CC.CC. The number of furan rings is 1. The van der Waals surface area contributed by atoms with Crippen LogP contribution in [-0.2, 0) is 0 Å². The third-order valence-corrected chi connectivity index (χ3v) is 2.95. The van der Waals surface area contributed by atoms with Crippen molar-refractivity contribution in [1.82, 2.24) is 0 Å². The molecule has 0 bridgehead atoms. The Bertz CT molecular complexity index is 654. The van der Waals surface area contributed by atoms with Gasteiger partial charge in [0, 0.05) is 10.9 Å². The molecule has 0 aliphatic heterocycles. The molecule has 0 atom stereocenters. The summed E-state index contributed by atoms with van der Waals surface area (Å²) in [6.07, 6.45) is 9.25. The Morgan fingerprint density at radius 3 is 1.92 bits per heavy atom. The summed E-state index contributed by atoms with van der Waals surface area (Å²) in [4.78, 5) is 0. The molecule has 24 heavy (non-hydrogen) atoms. The maximum atomic E-state index is 5.75. The van der Waals surface area contributed by atoms with Gasteiger partial charge < -0.3 is 4.42 Å². The van der Waals surface area contributed by atoms with Crippen LogP contribution in [0.15, 0.2) is 48.4 Å². The molecule has 0 radical (unpaired) electrons. The lowest BCUT2D eigenvalue weighted by Crippen LogP contribution is -1.81. The van der Waals surface area contributed by atoms with E-state index in [1.165, 1.54) is 5.56 Å². The molecule has 1 nitrogen and oxygen atoms in total. The molecular weight excluding hydrogens is 292 g/mol. The highest BCUT2D eigenvalue weighted by molar-refractivity contribution is 5.92. The standard InChI is InChI=1S/C17H16O.3C2H6/c1-5-8-9-13-11-15-14(6-2)16(7-3)18-17(15)10-12(13)4;3*1-2/h5-11H,1-3H2,4H3;3*1-2H3/b9-8-;;;. The van der Waals surface area contributed by atoms with E-state index in [1.54, 1.807) is 18.2 Å². The lowest BCUT2D eigenvalue weighted by molar-refractivity contribution is 0.603. The van der Waals surface area contributed by atoms with E-state index < -0.39 is 0 Å².